The van der Waals surface area contributed by atoms with Crippen molar-refractivity contribution in [2.24, 2.45) is 0 Å². The van der Waals surface area contributed by atoms with Crippen LogP contribution in [0, 0.1) is 11.3 Å². The maximum atomic E-state index is 10.7. The number of carbonyl (C=O) groups is 2. The Bertz CT molecular complexity index is 534. The van der Waals surface area contributed by atoms with Gasteiger partial charge in [-0.05, 0) is 18.2 Å². The SMILES string of the molecule is COc1ccc(C#N)cc1CN(CC(=O)O)CC(=O)O. The van der Waals surface area contributed by atoms with Gasteiger partial charge in [-0.15, -0.1) is 0 Å². The fourth-order valence-corrected chi connectivity index (χ4v) is 1.76. The second-order valence-corrected chi connectivity index (χ2v) is 4.07. The maximum absolute atomic E-state index is 10.7. The van der Waals surface area contributed by atoms with Crippen LogP contribution in [0.4, 0.5) is 0 Å². The molecular weight excluding hydrogens is 264 g/mol. The summed E-state index contributed by atoms with van der Waals surface area (Å²) in [7, 11) is 1.45. The molecule has 0 saturated carbocycles. The third kappa shape index (κ3) is 4.59. The van der Waals surface area contributed by atoms with E-state index in [1.165, 1.54) is 12.0 Å². The van der Waals surface area contributed by atoms with Gasteiger partial charge >= 0.3 is 11.9 Å². The Labute approximate surface area is 115 Å². The van der Waals surface area contributed by atoms with Crippen LogP contribution in [0.15, 0.2) is 18.2 Å². The molecule has 0 saturated heterocycles. The molecule has 0 aliphatic carbocycles. The number of nitrogens with zero attached hydrogens (tertiary/aromatic N) is 2. The summed E-state index contributed by atoms with van der Waals surface area (Å²) >= 11 is 0. The summed E-state index contributed by atoms with van der Waals surface area (Å²) in [6, 6.07) is 6.68. The first-order valence-corrected chi connectivity index (χ1v) is 5.69. The Kier molecular flexibility index (Phi) is 5.50. The Morgan fingerprint density at radius 3 is 2.35 bits per heavy atom. The zero-order chi connectivity index (χ0) is 15.1. The number of carboxylic acid groups (broad SMARTS) is 2. The van der Waals surface area contributed by atoms with Crippen molar-refractivity contribution >= 4 is 11.9 Å². The van der Waals surface area contributed by atoms with Crippen LogP contribution >= 0.6 is 0 Å². The molecule has 0 spiro atoms. The smallest absolute Gasteiger partial charge is 0.317 e. The lowest BCUT2D eigenvalue weighted by molar-refractivity contribution is -0.142. The predicted molar refractivity (Wildman–Crippen MR) is 68.3 cm³/mol. The van der Waals surface area contributed by atoms with Crippen LogP contribution in [0.3, 0.4) is 0 Å². The monoisotopic (exact) mass is 278 g/mol. The lowest BCUT2D eigenvalue weighted by Crippen LogP contribution is -2.34. The van der Waals surface area contributed by atoms with Crippen LogP contribution < -0.4 is 4.74 Å². The number of nitriles is 1. The number of aliphatic carboxylic acids is 2. The largest absolute Gasteiger partial charge is 0.496 e. The van der Waals surface area contributed by atoms with Crippen LogP contribution in [0.5, 0.6) is 5.75 Å². The number of rotatable bonds is 7. The number of hydrogen-bond donors (Lipinski definition) is 2. The minimum atomic E-state index is -1.12. The van der Waals surface area contributed by atoms with Crippen LogP contribution in [0.1, 0.15) is 11.1 Å². The first-order valence-electron chi connectivity index (χ1n) is 5.69. The molecule has 1 rings (SSSR count). The Morgan fingerprint density at radius 2 is 1.90 bits per heavy atom. The Hall–Kier alpha value is -2.59. The average molecular weight is 278 g/mol. The minimum absolute atomic E-state index is 0.0668. The molecule has 2 N–H and O–H groups in total. The third-order valence-electron chi connectivity index (χ3n) is 2.52. The van der Waals surface area contributed by atoms with E-state index >= 15 is 0 Å². The zero-order valence-corrected chi connectivity index (χ0v) is 10.9. The van der Waals surface area contributed by atoms with Crippen molar-refractivity contribution in [2.75, 3.05) is 20.2 Å². The Balaban J connectivity index is 2.99. The van der Waals surface area contributed by atoms with Gasteiger partial charge in [0, 0.05) is 12.1 Å². The first kappa shape index (κ1) is 15.5. The van der Waals surface area contributed by atoms with Gasteiger partial charge in [0.2, 0.25) is 0 Å². The van der Waals surface area contributed by atoms with Crippen LogP contribution in [-0.2, 0) is 16.1 Å². The normalized spacial score (nSPS) is 10.1. The zero-order valence-electron chi connectivity index (χ0n) is 10.9. The molecule has 0 atom stereocenters. The molecule has 0 aliphatic rings. The average Bonchev–Trinajstić information content (AvgIpc) is 2.37. The molecule has 7 nitrogen and oxygen atoms in total. The number of hydrogen-bond acceptors (Lipinski definition) is 5. The molecule has 1 aromatic carbocycles. The summed E-state index contributed by atoms with van der Waals surface area (Å²) in [5, 5.41) is 26.4. The summed E-state index contributed by atoms with van der Waals surface area (Å²) < 4.78 is 5.12. The summed E-state index contributed by atoms with van der Waals surface area (Å²) in [6.45, 7) is -0.754. The molecule has 20 heavy (non-hydrogen) atoms. The van der Waals surface area contributed by atoms with Gasteiger partial charge in [-0.1, -0.05) is 0 Å². The van der Waals surface area contributed by atoms with Crippen molar-refractivity contribution in [1.29, 1.82) is 5.26 Å². The molecule has 0 bridgehead atoms. The lowest BCUT2D eigenvalue weighted by Gasteiger charge is -2.19. The van der Waals surface area contributed by atoms with Gasteiger partial charge in [0.05, 0.1) is 31.8 Å². The van der Waals surface area contributed by atoms with Crippen molar-refractivity contribution < 1.29 is 24.5 Å². The standard InChI is InChI=1S/C13H14N2O5/c1-20-11-3-2-9(5-14)4-10(11)6-15(7-12(16)17)8-13(18)19/h2-4H,6-8H2,1H3,(H,16,17)(H,18,19). The van der Waals surface area contributed by atoms with Gasteiger partial charge in [-0.2, -0.15) is 5.26 Å². The van der Waals surface area contributed by atoms with E-state index in [9.17, 15) is 9.59 Å². The summed E-state index contributed by atoms with van der Waals surface area (Å²) in [5.41, 5.74) is 0.959. The molecular formula is C13H14N2O5. The highest BCUT2D eigenvalue weighted by molar-refractivity contribution is 5.72. The highest BCUT2D eigenvalue weighted by Gasteiger charge is 2.16. The molecule has 0 aliphatic heterocycles. The highest BCUT2D eigenvalue weighted by Crippen LogP contribution is 2.21. The van der Waals surface area contributed by atoms with E-state index in [4.69, 9.17) is 20.2 Å². The molecule has 0 unspecified atom stereocenters. The number of ether oxygens (including phenoxy) is 1. The fraction of sp³-hybridized carbons (Fsp3) is 0.308. The van der Waals surface area contributed by atoms with Gasteiger partial charge in [-0.3, -0.25) is 14.5 Å². The molecule has 106 valence electrons. The van der Waals surface area contributed by atoms with E-state index in [2.05, 4.69) is 0 Å². The van der Waals surface area contributed by atoms with Gasteiger partial charge < -0.3 is 14.9 Å². The predicted octanol–water partition coefficient (Wildman–Crippen LogP) is 0.538. The number of methoxy groups -OCH3 is 1. The van der Waals surface area contributed by atoms with Gasteiger partial charge in [0.15, 0.2) is 0 Å². The maximum Gasteiger partial charge on any atom is 0.317 e. The lowest BCUT2D eigenvalue weighted by atomic mass is 10.1. The van der Waals surface area contributed by atoms with Crippen molar-refractivity contribution in [3.63, 3.8) is 0 Å². The van der Waals surface area contributed by atoms with Gasteiger partial charge in [-0.25, -0.2) is 0 Å². The van der Waals surface area contributed by atoms with E-state index in [1.807, 2.05) is 6.07 Å². The van der Waals surface area contributed by atoms with E-state index < -0.39 is 25.0 Å². The third-order valence-corrected chi connectivity index (χ3v) is 2.52. The van der Waals surface area contributed by atoms with Gasteiger partial charge in [0.25, 0.3) is 0 Å². The summed E-state index contributed by atoms with van der Waals surface area (Å²) in [6.07, 6.45) is 0. The molecule has 0 heterocycles. The number of benzene rings is 1. The quantitative estimate of drug-likeness (QED) is 0.748. The van der Waals surface area contributed by atoms with Crippen LogP contribution in [0.2, 0.25) is 0 Å². The summed E-state index contributed by atoms with van der Waals surface area (Å²) in [5.74, 6) is -1.77. The fourth-order valence-electron chi connectivity index (χ4n) is 1.76. The van der Waals surface area contributed by atoms with E-state index in [0.29, 0.717) is 16.9 Å². The highest BCUT2D eigenvalue weighted by atomic mass is 16.5. The second kappa shape index (κ2) is 7.11. The van der Waals surface area contributed by atoms with Crippen LogP contribution in [0.25, 0.3) is 0 Å². The van der Waals surface area contributed by atoms with Crippen molar-refractivity contribution in [3.8, 4) is 11.8 Å². The first-order chi connectivity index (χ1) is 9.46. The number of carboxylic acids is 2. The van der Waals surface area contributed by atoms with E-state index in [0.717, 1.165) is 0 Å². The van der Waals surface area contributed by atoms with Crippen LogP contribution in [-0.4, -0.2) is 47.3 Å². The second-order valence-electron chi connectivity index (χ2n) is 4.07. The van der Waals surface area contributed by atoms with E-state index in [1.54, 1.807) is 18.2 Å². The molecule has 0 fully saturated rings. The molecule has 7 heteroatoms. The minimum Gasteiger partial charge on any atom is -0.496 e. The van der Waals surface area contributed by atoms with E-state index in [-0.39, 0.29) is 6.54 Å². The molecule has 0 radical (unpaired) electrons. The van der Waals surface area contributed by atoms with Crippen molar-refractivity contribution in [1.82, 2.24) is 4.90 Å². The molecule has 1 aromatic rings. The summed E-state index contributed by atoms with van der Waals surface area (Å²) in [4.78, 5) is 22.7. The molecule has 0 amide bonds. The van der Waals surface area contributed by atoms with Gasteiger partial charge in [0.1, 0.15) is 5.75 Å². The Morgan fingerprint density at radius 1 is 1.30 bits per heavy atom. The molecule has 0 aromatic heterocycles. The van der Waals surface area contributed by atoms with Crippen molar-refractivity contribution in [3.05, 3.63) is 29.3 Å². The van der Waals surface area contributed by atoms with Crippen molar-refractivity contribution in [2.45, 2.75) is 6.54 Å². The topological polar surface area (TPSA) is 111 Å².